The van der Waals surface area contributed by atoms with Crippen molar-refractivity contribution in [2.45, 2.75) is 39.5 Å². The minimum absolute atomic E-state index is 0.0686. The number of carbonyl (C=O) groups is 1. The van der Waals surface area contributed by atoms with E-state index in [1.807, 2.05) is 29.6 Å². The fourth-order valence-electron chi connectivity index (χ4n) is 4.60. The Labute approximate surface area is 194 Å². The van der Waals surface area contributed by atoms with Crippen LogP contribution in [0.25, 0.3) is 5.78 Å². The highest BCUT2D eigenvalue weighted by Gasteiger charge is 2.29. The van der Waals surface area contributed by atoms with Crippen molar-refractivity contribution in [3.8, 4) is 11.5 Å². The van der Waals surface area contributed by atoms with Crippen LogP contribution < -0.4 is 19.7 Å². The summed E-state index contributed by atoms with van der Waals surface area (Å²) in [6.07, 6.45) is 4.94. The summed E-state index contributed by atoms with van der Waals surface area (Å²) < 4.78 is 12.5. The summed E-state index contributed by atoms with van der Waals surface area (Å²) in [5.74, 6) is 3.04. The lowest BCUT2D eigenvalue weighted by atomic mass is 9.96. The lowest BCUT2D eigenvalue weighted by Crippen LogP contribution is -2.44. The molecule has 9 heteroatoms. The van der Waals surface area contributed by atoms with E-state index in [4.69, 9.17) is 9.47 Å². The van der Waals surface area contributed by atoms with Gasteiger partial charge in [0.2, 0.25) is 5.91 Å². The quantitative estimate of drug-likeness (QED) is 0.561. The number of ether oxygens (including phenoxy) is 2. The van der Waals surface area contributed by atoms with Crippen LogP contribution in [0.3, 0.4) is 0 Å². The first-order chi connectivity index (χ1) is 16.0. The first-order valence-corrected chi connectivity index (χ1v) is 11.5. The number of amides is 1. The number of piperidine rings is 1. The molecule has 0 saturated carbocycles. The van der Waals surface area contributed by atoms with Crippen molar-refractivity contribution in [2.75, 3.05) is 38.8 Å². The van der Waals surface area contributed by atoms with Crippen LogP contribution in [-0.2, 0) is 17.6 Å². The van der Waals surface area contributed by atoms with E-state index in [9.17, 15) is 4.79 Å². The van der Waals surface area contributed by atoms with Gasteiger partial charge in [-0.2, -0.15) is 14.6 Å². The third kappa shape index (κ3) is 4.72. The summed E-state index contributed by atoms with van der Waals surface area (Å²) in [5, 5.41) is 7.53. The molecule has 1 atom stereocenters. The molecule has 1 aliphatic rings. The van der Waals surface area contributed by atoms with Gasteiger partial charge in [0.25, 0.3) is 5.78 Å². The van der Waals surface area contributed by atoms with E-state index >= 15 is 0 Å². The molecule has 1 unspecified atom stereocenters. The molecule has 1 saturated heterocycles. The van der Waals surface area contributed by atoms with E-state index in [1.165, 1.54) is 6.33 Å². The smallest absolute Gasteiger partial charge is 0.254 e. The number of aryl methyl sites for hydroxylation is 1. The van der Waals surface area contributed by atoms with Gasteiger partial charge in [-0.05, 0) is 50.3 Å². The first kappa shape index (κ1) is 22.8. The van der Waals surface area contributed by atoms with Gasteiger partial charge in [-0.25, -0.2) is 4.98 Å². The Hall–Kier alpha value is -3.36. The van der Waals surface area contributed by atoms with Crippen molar-refractivity contribution < 1.29 is 14.3 Å². The van der Waals surface area contributed by atoms with Crippen molar-refractivity contribution in [3.05, 3.63) is 41.3 Å². The molecule has 2 aromatic heterocycles. The van der Waals surface area contributed by atoms with Crippen molar-refractivity contribution in [3.63, 3.8) is 0 Å². The second-order valence-electron chi connectivity index (χ2n) is 8.34. The van der Waals surface area contributed by atoms with Gasteiger partial charge in [0.15, 0.2) is 11.5 Å². The number of fused-ring (bicyclic) bond motifs is 1. The second-order valence-corrected chi connectivity index (χ2v) is 8.34. The van der Waals surface area contributed by atoms with Crippen LogP contribution in [0, 0.1) is 12.8 Å². The zero-order valence-corrected chi connectivity index (χ0v) is 19.8. The Morgan fingerprint density at radius 3 is 2.82 bits per heavy atom. The molecule has 3 heterocycles. The lowest BCUT2D eigenvalue weighted by molar-refractivity contribution is -0.125. The summed E-state index contributed by atoms with van der Waals surface area (Å²) in [6, 6.07) is 5.84. The maximum Gasteiger partial charge on any atom is 0.254 e. The molecule has 1 N–H and O–H groups in total. The van der Waals surface area contributed by atoms with E-state index in [1.54, 1.807) is 14.2 Å². The molecule has 1 fully saturated rings. The maximum atomic E-state index is 13.0. The average Bonchev–Trinajstić information content (AvgIpc) is 3.30. The number of anilines is 1. The fourth-order valence-corrected chi connectivity index (χ4v) is 4.60. The highest BCUT2D eigenvalue weighted by Crippen LogP contribution is 2.29. The van der Waals surface area contributed by atoms with Gasteiger partial charge in [0.1, 0.15) is 12.1 Å². The normalized spacial score (nSPS) is 16.1. The predicted molar refractivity (Wildman–Crippen MR) is 126 cm³/mol. The van der Waals surface area contributed by atoms with Gasteiger partial charge < -0.3 is 19.7 Å². The van der Waals surface area contributed by atoms with E-state index in [-0.39, 0.29) is 11.8 Å². The highest BCUT2D eigenvalue weighted by atomic mass is 16.5. The number of rotatable bonds is 8. The van der Waals surface area contributed by atoms with Crippen LogP contribution in [-0.4, -0.2) is 59.3 Å². The minimum Gasteiger partial charge on any atom is -0.493 e. The van der Waals surface area contributed by atoms with Crippen LogP contribution in [0.2, 0.25) is 0 Å². The monoisotopic (exact) mass is 452 g/mol. The van der Waals surface area contributed by atoms with E-state index < -0.39 is 0 Å². The number of methoxy groups -OCH3 is 2. The Bertz CT molecular complexity index is 1130. The molecule has 0 bridgehead atoms. The SMILES string of the molecule is CCc1c(C)nc2ncnn2c1N1CCCC(C(=O)NCCc2ccc(OC)c(OC)c2)C1. The predicted octanol–water partition coefficient (Wildman–Crippen LogP) is 2.59. The van der Waals surface area contributed by atoms with Crippen LogP contribution in [0.4, 0.5) is 5.82 Å². The number of nitrogens with one attached hydrogen (secondary N) is 1. The van der Waals surface area contributed by atoms with Crippen molar-refractivity contribution in [2.24, 2.45) is 5.92 Å². The summed E-state index contributed by atoms with van der Waals surface area (Å²) in [6.45, 7) is 6.26. The Kier molecular flexibility index (Phi) is 6.96. The molecule has 1 aromatic carbocycles. The molecular formula is C24H32N6O3. The second kappa shape index (κ2) is 10.1. The Morgan fingerprint density at radius 2 is 2.06 bits per heavy atom. The van der Waals surface area contributed by atoms with Gasteiger partial charge in [-0.15, -0.1) is 0 Å². The number of hydrogen-bond acceptors (Lipinski definition) is 7. The van der Waals surface area contributed by atoms with Gasteiger partial charge in [-0.3, -0.25) is 4.79 Å². The molecule has 0 spiro atoms. The molecule has 1 aliphatic heterocycles. The number of benzene rings is 1. The summed E-state index contributed by atoms with van der Waals surface area (Å²) >= 11 is 0. The van der Waals surface area contributed by atoms with E-state index in [2.05, 4.69) is 32.2 Å². The number of hydrogen-bond donors (Lipinski definition) is 1. The van der Waals surface area contributed by atoms with E-state index in [0.717, 1.165) is 54.9 Å². The highest BCUT2D eigenvalue weighted by molar-refractivity contribution is 5.79. The van der Waals surface area contributed by atoms with Crippen LogP contribution in [0.5, 0.6) is 11.5 Å². The summed E-state index contributed by atoms with van der Waals surface area (Å²) in [7, 11) is 3.25. The zero-order valence-electron chi connectivity index (χ0n) is 19.8. The molecule has 176 valence electrons. The first-order valence-electron chi connectivity index (χ1n) is 11.5. The molecule has 0 radical (unpaired) electrons. The van der Waals surface area contributed by atoms with Crippen molar-refractivity contribution >= 4 is 17.5 Å². The molecule has 3 aromatic rings. The molecule has 9 nitrogen and oxygen atoms in total. The third-order valence-electron chi connectivity index (χ3n) is 6.31. The van der Waals surface area contributed by atoms with Gasteiger partial charge >= 0.3 is 0 Å². The molecule has 0 aliphatic carbocycles. The van der Waals surface area contributed by atoms with Crippen LogP contribution in [0.1, 0.15) is 36.6 Å². The number of nitrogens with zero attached hydrogens (tertiary/aromatic N) is 5. The Morgan fingerprint density at radius 1 is 1.24 bits per heavy atom. The molecule has 33 heavy (non-hydrogen) atoms. The largest absolute Gasteiger partial charge is 0.493 e. The fraction of sp³-hybridized carbons (Fsp3) is 0.500. The van der Waals surface area contributed by atoms with Crippen LogP contribution in [0.15, 0.2) is 24.5 Å². The van der Waals surface area contributed by atoms with Gasteiger partial charge in [-0.1, -0.05) is 13.0 Å². The van der Waals surface area contributed by atoms with E-state index in [0.29, 0.717) is 30.4 Å². The molecule has 1 amide bonds. The van der Waals surface area contributed by atoms with Crippen molar-refractivity contribution in [1.29, 1.82) is 0 Å². The lowest BCUT2D eigenvalue weighted by Gasteiger charge is -2.35. The Balaban J connectivity index is 1.42. The standard InChI is InChI=1S/C24H32N6O3/c1-5-19-16(2)28-24-26-15-27-30(24)23(19)29-12-6-7-18(14-29)22(31)25-11-10-17-8-9-20(32-3)21(13-17)33-4/h8-9,13,15,18H,5-7,10-12,14H2,1-4H3,(H,25,31). The van der Waals surface area contributed by atoms with Crippen molar-refractivity contribution in [1.82, 2.24) is 24.9 Å². The summed E-state index contributed by atoms with van der Waals surface area (Å²) in [4.78, 5) is 24.1. The zero-order chi connectivity index (χ0) is 23.4. The summed E-state index contributed by atoms with van der Waals surface area (Å²) in [5.41, 5.74) is 3.21. The number of aromatic nitrogens is 4. The minimum atomic E-state index is -0.0686. The average molecular weight is 453 g/mol. The number of carbonyl (C=O) groups excluding carboxylic acids is 1. The topological polar surface area (TPSA) is 93.9 Å². The van der Waals surface area contributed by atoms with Gasteiger partial charge in [0, 0.05) is 30.9 Å². The third-order valence-corrected chi connectivity index (χ3v) is 6.31. The molecular weight excluding hydrogens is 420 g/mol. The van der Waals surface area contributed by atoms with Crippen LogP contribution >= 0.6 is 0 Å². The maximum absolute atomic E-state index is 13.0. The molecule has 4 rings (SSSR count). The van der Waals surface area contributed by atoms with Gasteiger partial charge in [0.05, 0.1) is 20.1 Å².